The van der Waals surface area contributed by atoms with E-state index < -0.39 is 5.97 Å². The van der Waals surface area contributed by atoms with Gasteiger partial charge in [0, 0.05) is 0 Å². The fourth-order valence-electron chi connectivity index (χ4n) is 2.67. The fourth-order valence-corrected chi connectivity index (χ4v) is 2.67. The summed E-state index contributed by atoms with van der Waals surface area (Å²) in [7, 11) is 4.00. The number of carboxylic acids is 1. The van der Waals surface area contributed by atoms with Crippen molar-refractivity contribution in [3.8, 4) is 0 Å². The van der Waals surface area contributed by atoms with Gasteiger partial charge in [-0.1, -0.05) is 42.5 Å². The average Bonchev–Trinajstić information content (AvgIpc) is 2.39. The Morgan fingerprint density at radius 1 is 1.33 bits per heavy atom. The predicted molar refractivity (Wildman–Crippen MR) is 71.3 cm³/mol. The summed E-state index contributed by atoms with van der Waals surface area (Å²) in [4.78, 5) is 13.3. The predicted octanol–water partition coefficient (Wildman–Crippen LogP) is 2.49. The zero-order chi connectivity index (χ0) is 13.2. The summed E-state index contributed by atoms with van der Waals surface area (Å²) < 4.78 is 0. The molecule has 2 atom stereocenters. The third kappa shape index (κ3) is 2.18. The maximum absolute atomic E-state index is 11.2. The molecule has 3 heteroatoms. The van der Waals surface area contributed by atoms with Gasteiger partial charge < -0.3 is 5.11 Å². The molecule has 0 heterocycles. The first kappa shape index (κ1) is 12.8. The SMILES string of the molecule is CN(C)C1(c2ccccc2)C=CCC(C(=O)O)C1. The molecule has 1 N–H and O–H groups in total. The second-order valence-electron chi connectivity index (χ2n) is 5.06. The van der Waals surface area contributed by atoms with E-state index in [2.05, 4.69) is 23.1 Å². The Morgan fingerprint density at radius 3 is 2.56 bits per heavy atom. The Hall–Kier alpha value is -1.61. The lowest BCUT2D eigenvalue weighted by atomic mass is 9.75. The molecule has 0 radical (unpaired) electrons. The minimum absolute atomic E-state index is 0.303. The van der Waals surface area contributed by atoms with Crippen LogP contribution in [-0.2, 0) is 10.3 Å². The van der Waals surface area contributed by atoms with Crippen LogP contribution < -0.4 is 0 Å². The molecule has 1 aliphatic rings. The number of benzene rings is 1. The molecule has 0 spiro atoms. The van der Waals surface area contributed by atoms with Crippen molar-refractivity contribution < 1.29 is 9.90 Å². The molecule has 0 aromatic heterocycles. The van der Waals surface area contributed by atoms with E-state index in [1.165, 1.54) is 0 Å². The maximum Gasteiger partial charge on any atom is 0.306 e. The van der Waals surface area contributed by atoms with Crippen LogP contribution in [0.2, 0.25) is 0 Å². The summed E-state index contributed by atoms with van der Waals surface area (Å²) in [6.07, 6.45) is 5.38. The van der Waals surface area contributed by atoms with E-state index in [1.54, 1.807) is 0 Å². The van der Waals surface area contributed by atoms with E-state index in [1.807, 2.05) is 38.4 Å². The molecule has 0 aliphatic heterocycles. The average molecular weight is 245 g/mol. The largest absolute Gasteiger partial charge is 0.481 e. The molecule has 0 bridgehead atoms. The lowest BCUT2D eigenvalue weighted by Gasteiger charge is -2.42. The van der Waals surface area contributed by atoms with Gasteiger partial charge in [-0.3, -0.25) is 9.69 Å². The van der Waals surface area contributed by atoms with Crippen LogP contribution in [0, 0.1) is 5.92 Å². The van der Waals surface area contributed by atoms with Crippen LogP contribution in [0.1, 0.15) is 18.4 Å². The number of carbonyl (C=O) groups is 1. The first-order valence-electron chi connectivity index (χ1n) is 6.20. The van der Waals surface area contributed by atoms with Crippen LogP contribution in [0.3, 0.4) is 0 Å². The summed E-state index contributed by atoms with van der Waals surface area (Å²) in [6, 6.07) is 10.1. The van der Waals surface area contributed by atoms with Crippen LogP contribution in [0.15, 0.2) is 42.5 Å². The summed E-state index contributed by atoms with van der Waals surface area (Å²) >= 11 is 0. The second-order valence-corrected chi connectivity index (χ2v) is 5.06. The highest BCUT2D eigenvalue weighted by atomic mass is 16.4. The van der Waals surface area contributed by atoms with E-state index >= 15 is 0 Å². The van der Waals surface area contributed by atoms with E-state index in [-0.39, 0.29) is 11.5 Å². The van der Waals surface area contributed by atoms with Crippen molar-refractivity contribution in [1.29, 1.82) is 0 Å². The molecule has 1 aromatic rings. The van der Waals surface area contributed by atoms with Gasteiger partial charge in [-0.25, -0.2) is 0 Å². The molecular weight excluding hydrogens is 226 g/mol. The number of likely N-dealkylation sites (N-methyl/N-ethyl adjacent to an activating group) is 1. The number of nitrogens with zero attached hydrogens (tertiary/aromatic N) is 1. The summed E-state index contributed by atoms with van der Waals surface area (Å²) in [6.45, 7) is 0. The molecule has 0 fully saturated rings. The normalized spacial score (nSPS) is 27.4. The molecule has 2 rings (SSSR count). The molecule has 18 heavy (non-hydrogen) atoms. The third-order valence-corrected chi connectivity index (χ3v) is 3.79. The molecule has 2 unspecified atom stereocenters. The van der Waals surface area contributed by atoms with Crippen LogP contribution in [0.4, 0.5) is 0 Å². The highest BCUT2D eigenvalue weighted by molar-refractivity contribution is 5.71. The summed E-state index contributed by atoms with van der Waals surface area (Å²) in [5.41, 5.74) is 0.847. The smallest absolute Gasteiger partial charge is 0.306 e. The molecule has 1 aromatic carbocycles. The van der Waals surface area contributed by atoms with Gasteiger partial charge in [0.2, 0.25) is 0 Å². The number of allylic oxidation sites excluding steroid dienone is 1. The Labute approximate surface area is 108 Å². The number of aliphatic carboxylic acids is 1. The monoisotopic (exact) mass is 245 g/mol. The lowest BCUT2D eigenvalue weighted by molar-refractivity contribution is -0.143. The van der Waals surface area contributed by atoms with Crippen molar-refractivity contribution in [2.45, 2.75) is 18.4 Å². The summed E-state index contributed by atoms with van der Waals surface area (Å²) in [5.74, 6) is -1.01. The van der Waals surface area contributed by atoms with Gasteiger partial charge in [-0.2, -0.15) is 0 Å². The van der Waals surface area contributed by atoms with Gasteiger partial charge in [-0.05, 0) is 32.5 Å². The van der Waals surface area contributed by atoms with Crippen LogP contribution in [0.25, 0.3) is 0 Å². The minimum atomic E-state index is -0.707. The van der Waals surface area contributed by atoms with E-state index in [0.717, 1.165) is 5.56 Å². The molecule has 0 amide bonds. The van der Waals surface area contributed by atoms with Crippen LogP contribution in [0.5, 0.6) is 0 Å². The molecule has 1 aliphatic carbocycles. The zero-order valence-electron chi connectivity index (χ0n) is 10.8. The highest BCUT2D eigenvalue weighted by Crippen LogP contribution is 2.39. The Bertz CT molecular complexity index is 453. The Morgan fingerprint density at radius 2 is 2.00 bits per heavy atom. The number of hydrogen-bond donors (Lipinski definition) is 1. The first-order chi connectivity index (χ1) is 8.56. The van der Waals surface area contributed by atoms with Crippen molar-refractivity contribution in [3.63, 3.8) is 0 Å². The standard InChI is InChI=1S/C15H19NO2/c1-16(2)15(13-8-4-3-5-9-13)10-6-7-12(11-15)14(17)18/h3-6,8-10,12H,7,11H2,1-2H3,(H,17,18). The molecule has 96 valence electrons. The quantitative estimate of drug-likeness (QED) is 0.832. The van der Waals surface area contributed by atoms with Crippen molar-refractivity contribution >= 4 is 5.97 Å². The van der Waals surface area contributed by atoms with Gasteiger partial charge in [0.25, 0.3) is 0 Å². The highest BCUT2D eigenvalue weighted by Gasteiger charge is 2.38. The molecule has 3 nitrogen and oxygen atoms in total. The van der Waals surface area contributed by atoms with Gasteiger partial charge in [-0.15, -0.1) is 0 Å². The van der Waals surface area contributed by atoms with E-state index in [0.29, 0.717) is 12.8 Å². The molecule has 0 saturated heterocycles. The second kappa shape index (κ2) is 4.94. The lowest BCUT2D eigenvalue weighted by Crippen LogP contribution is -2.44. The van der Waals surface area contributed by atoms with Gasteiger partial charge in [0.1, 0.15) is 0 Å². The van der Waals surface area contributed by atoms with Crippen molar-refractivity contribution in [1.82, 2.24) is 4.90 Å². The minimum Gasteiger partial charge on any atom is -0.481 e. The topological polar surface area (TPSA) is 40.5 Å². The van der Waals surface area contributed by atoms with E-state index in [4.69, 9.17) is 0 Å². The van der Waals surface area contributed by atoms with Gasteiger partial charge in [0.05, 0.1) is 11.5 Å². The first-order valence-corrected chi connectivity index (χ1v) is 6.20. The fraction of sp³-hybridized carbons (Fsp3) is 0.400. The number of carboxylic acid groups (broad SMARTS) is 1. The van der Waals surface area contributed by atoms with E-state index in [9.17, 15) is 9.90 Å². The van der Waals surface area contributed by atoms with Crippen molar-refractivity contribution in [3.05, 3.63) is 48.0 Å². The van der Waals surface area contributed by atoms with Crippen LogP contribution >= 0.6 is 0 Å². The zero-order valence-corrected chi connectivity index (χ0v) is 10.8. The number of rotatable bonds is 3. The third-order valence-electron chi connectivity index (χ3n) is 3.79. The maximum atomic E-state index is 11.2. The van der Waals surface area contributed by atoms with Gasteiger partial charge >= 0.3 is 5.97 Å². The Balaban J connectivity index is 2.43. The number of hydrogen-bond acceptors (Lipinski definition) is 2. The van der Waals surface area contributed by atoms with Crippen molar-refractivity contribution in [2.24, 2.45) is 5.92 Å². The van der Waals surface area contributed by atoms with Gasteiger partial charge in [0.15, 0.2) is 0 Å². The molecular formula is C15H19NO2. The summed E-state index contributed by atoms with van der Waals surface area (Å²) in [5, 5.41) is 9.25. The molecule has 0 saturated carbocycles. The Kier molecular flexibility index (Phi) is 3.53. The van der Waals surface area contributed by atoms with Crippen LogP contribution in [-0.4, -0.2) is 30.1 Å². The van der Waals surface area contributed by atoms with Crippen molar-refractivity contribution in [2.75, 3.05) is 14.1 Å².